The first-order chi connectivity index (χ1) is 5.75. The largest absolute Gasteiger partial charge is 0.386 e. The molecule has 0 aliphatic rings. The second-order valence-corrected chi connectivity index (χ2v) is 1.85. The number of hydrogen-bond donors (Lipinski definition) is 1. The summed E-state index contributed by atoms with van der Waals surface area (Å²) >= 11 is 0. The highest BCUT2D eigenvalue weighted by Crippen LogP contribution is 2.14. The van der Waals surface area contributed by atoms with Gasteiger partial charge >= 0.3 is 0 Å². The first-order valence-electron chi connectivity index (χ1n) is 3.87. The monoisotopic (exact) mass is 173 g/mol. The van der Waals surface area contributed by atoms with Crippen molar-refractivity contribution in [2.45, 2.75) is 13.8 Å². The highest BCUT2D eigenvalue weighted by molar-refractivity contribution is 5.43. The van der Waals surface area contributed by atoms with Gasteiger partial charge in [-0.2, -0.15) is 0 Å². The van der Waals surface area contributed by atoms with Gasteiger partial charge in [0.25, 0.3) is 0 Å². The number of nitrogens with one attached hydrogen (secondary N) is 1. The van der Waals surface area contributed by atoms with Crippen LogP contribution in [0.3, 0.4) is 0 Å². The zero-order chi connectivity index (χ0) is 9.56. The van der Waals surface area contributed by atoms with Crippen molar-refractivity contribution in [2.24, 2.45) is 0 Å². The molecule has 68 valence electrons. The summed E-state index contributed by atoms with van der Waals surface area (Å²) in [5.74, 6) is -1.66. The lowest BCUT2D eigenvalue weighted by Gasteiger charge is -2.00. The number of benzene rings is 1. The minimum Gasteiger partial charge on any atom is -0.386 e. The maximum atomic E-state index is 12.6. The van der Waals surface area contributed by atoms with Crippen LogP contribution in [0.2, 0.25) is 0 Å². The van der Waals surface area contributed by atoms with Gasteiger partial charge in [-0.05, 0) is 12.1 Å². The highest BCUT2D eigenvalue weighted by Gasteiger charge is 2.03. The second-order valence-electron chi connectivity index (χ2n) is 1.85. The molecular formula is C9H13F2N. The van der Waals surface area contributed by atoms with Crippen LogP contribution in [0, 0.1) is 11.6 Å². The molecule has 0 aromatic heterocycles. The van der Waals surface area contributed by atoms with E-state index in [1.807, 2.05) is 13.8 Å². The van der Waals surface area contributed by atoms with Crippen LogP contribution in [0.5, 0.6) is 0 Å². The van der Waals surface area contributed by atoms with Crippen molar-refractivity contribution in [3.8, 4) is 0 Å². The van der Waals surface area contributed by atoms with Crippen LogP contribution in [0.4, 0.5) is 14.5 Å². The summed E-state index contributed by atoms with van der Waals surface area (Å²) in [6, 6.07) is 4.00. The van der Waals surface area contributed by atoms with Gasteiger partial charge < -0.3 is 5.32 Å². The fraction of sp³-hybridized carbons (Fsp3) is 0.333. The maximum Gasteiger partial charge on any atom is 0.181 e. The van der Waals surface area contributed by atoms with E-state index in [0.717, 1.165) is 6.07 Å². The minimum absolute atomic E-state index is 0.181. The van der Waals surface area contributed by atoms with Crippen molar-refractivity contribution in [2.75, 3.05) is 12.4 Å². The molecule has 1 nitrogen and oxygen atoms in total. The fourth-order valence-electron chi connectivity index (χ4n) is 0.697. The van der Waals surface area contributed by atoms with E-state index in [9.17, 15) is 8.78 Å². The topological polar surface area (TPSA) is 12.0 Å². The van der Waals surface area contributed by atoms with E-state index < -0.39 is 11.6 Å². The third-order valence-corrected chi connectivity index (χ3v) is 1.22. The smallest absolute Gasteiger partial charge is 0.181 e. The molecule has 0 saturated carbocycles. The zero-order valence-corrected chi connectivity index (χ0v) is 7.49. The van der Waals surface area contributed by atoms with E-state index >= 15 is 0 Å². The summed E-state index contributed by atoms with van der Waals surface area (Å²) in [6.07, 6.45) is 0. The van der Waals surface area contributed by atoms with Gasteiger partial charge in [-0.1, -0.05) is 19.9 Å². The summed E-state index contributed by atoms with van der Waals surface area (Å²) in [7, 11) is 1.54. The molecule has 0 amide bonds. The summed E-state index contributed by atoms with van der Waals surface area (Å²) in [5.41, 5.74) is 0.181. The van der Waals surface area contributed by atoms with Crippen molar-refractivity contribution in [3.63, 3.8) is 0 Å². The van der Waals surface area contributed by atoms with Gasteiger partial charge in [0.15, 0.2) is 11.6 Å². The Hall–Kier alpha value is -1.12. The predicted molar refractivity (Wildman–Crippen MR) is 47.3 cm³/mol. The molecule has 1 aromatic rings. The van der Waals surface area contributed by atoms with Gasteiger partial charge in [0.1, 0.15) is 0 Å². The van der Waals surface area contributed by atoms with Crippen LogP contribution in [-0.2, 0) is 0 Å². The quantitative estimate of drug-likeness (QED) is 0.688. The Morgan fingerprint density at radius 3 is 2.17 bits per heavy atom. The number of rotatable bonds is 1. The molecule has 12 heavy (non-hydrogen) atoms. The van der Waals surface area contributed by atoms with Gasteiger partial charge in [0.05, 0.1) is 5.69 Å². The fourth-order valence-corrected chi connectivity index (χ4v) is 0.697. The summed E-state index contributed by atoms with van der Waals surface area (Å²) < 4.78 is 24.9. The van der Waals surface area contributed by atoms with Gasteiger partial charge in [0.2, 0.25) is 0 Å². The zero-order valence-electron chi connectivity index (χ0n) is 7.49. The van der Waals surface area contributed by atoms with Crippen LogP contribution < -0.4 is 5.32 Å². The Labute approximate surface area is 71.4 Å². The summed E-state index contributed by atoms with van der Waals surface area (Å²) in [4.78, 5) is 0. The van der Waals surface area contributed by atoms with E-state index in [1.165, 1.54) is 19.2 Å². The highest BCUT2D eigenvalue weighted by atomic mass is 19.2. The molecule has 0 atom stereocenters. The number of hydrogen-bond acceptors (Lipinski definition) is 1. The normalized spacial score (nSPS) is 8.42. The Morgan fingerprint density at radius 2 is 1.75 bits per heavy atom. The standard InChI is InChI=1S/C7H7F2N.C2H6/c1-10-6-4-2-3-5(8)7(6)9;1-2/h2-4,10H,1H3;1-2H3. The van der Waals surface area contributed by atoms with E-state index in [0.29, 0.717) is 0 Å². The molecule has 0 saturated heterocycles. The third kappa shape index (κ3) is 2.49. The van der Waals surface area contributed by atoms with Gasteiger partial charge in [-0.15, -0.1) is 0 Å². The summed E-state index contributed by atoms with van der Waals surface area (Å²) in [6.45, 7) is 4.00. The molecule has 1 aromatic carbocycles. The van der Waals surface area contributed by atoms with Crippen LogP contribution in [-0.4, -0.2) is 7.05 Å². The van der Waals surface area contributed by atoms with Crippen LogP contribution >= 0.6 is 0 Å². The first-order valence-corrected chi connectivity index (χ1v) is 3.87. The van der Waals surface area contributed by atoms with E-state index in [4.69, 9.17) is 0 Å². The molecule has 0 aliphatic carbocycles. The molecule has 1 N–H and O–H groups in total. The van der Waals surface area contributed by atoms with Gasteiger partial charge in [-0.3, -0.25) is 0 Å². The Kier molecular flexibility index (Phi) is 5.00. The Morgan fingerprint density at radius 1 is 1.17 bits per heavy atom. The Balaban J connectivity index is 0.000000561. The SMILES string of the molecule is CC.CNc1cccc(F)c1F. The predicted octanol–water partition coefficient (Wildman–Crippen LogP) is 3.03. The Bertz CT molecular complexity index is 236. The second kappa shape index (κ2) is 5.52. The molecule has 0 bridgehead atoms. The average Bonchev–Trinajstić information content (AvgIpc) is 2.13. The van der Waals surface area contributed by atoms with Gasteiger partial charge in [-0.25, -0.2) is 8.78 Å². The van der Waals surface area contributed by atoms with Crippen LogP contribution in [0.15, 0.2) is 18.2 Å². The molecule has 0 heterocycles. The molecule has 0 spiro atoms. The first kappa shape index (κ1) is 10.9. The van der Waals surface area contributed by atoms with Crippen LogP contribution in [0.25, 0.3) is 0 Å². The van der Waals surface area contributed by atoms with Crippen molar-refractivity contribution >= 4 is 5.69 Å². The molecule has 0 aliphatic heterocycles. The average molecular weight is 173 g/mol. The van der Waals surface area contributed by atoms with Crippen LogP contribution in [0.1, 0.15) is 13.8 Å². The lowest BCUT2D eigenvalue weighted by molar-refractivity contribution is 0.511. The lowest BCUT2D eigenvalue weighted by Crippen LogP contribution is -1.94. The molecule has 0 radical (unpaired) electrons. The lowest BCUT2D eigenvalue weighted by atomic mass is 10.3. The van der Waals surface area contributed by atoms with Crippen molar-refractivity contribution in [3.05, 3.63) is 29.8 Å². The molecule has 1 rings (SSSR count). The number of anilines is 1. The van der Waals surface area contributed by atoms with Crippen molar-refractivity contribution < 1.29 is 8.78 Å². The maximum absolute atomic E-state index is 12.6. The summed E-state index contributed by atoms with van der Waals surface area (Å²) in [5, 5.41) is 2.52. The molecule has 0 fully saturated rings. The number of halogens is 2. The van der Waals surface area contributed by atoms with E-state index in [1.54, 1.807) is 0 Å². The molecule has 0 unspecified atom stereocenters. The van der Waals surface area contributed by atoms with E-state index in [2.05, 4.69) is 5.32 Å². The van der Waals surface area contributed by atoms with E-state index in [-0.39, 0.29) is 5.69 Å². The third-order valence-electron chi connectivity index (χ3n) is 1.22. The van der Waals surface area contributed by atoms with Crippen molar-refractivity contribution in [1.82, 2.24) is 0 Å². The van der Waals surface area contributed by atoms with Gasteiger partial charge in [0, 0.05) is 7.05 Å². The molecule has 3 heteroatoms. The van der Waals surface area contributed by atoms with Crippen molar-refractivity contribution in [1.29, 1.82) is 0 Å². The molecular weight excluding hydrogens is 160 g/mol. The minimum atomic E-state index is -0.829.